The third-order valence-electron chi connectivity index (χ3n) is 5.42. The minimum Gasteiger partial charge on any atom is -0.383 e. The zero-order chi connectivity index (χ0) is 14.0. The van der Waals surface area contributed by atoms with Crippen LogP contribution < -0.4 is 0 Å². The zero-order valence-corrected chi connectivity index (χ0v) is 12.8. The van der Waals surface area contributed by atoms with E-state index in [1.807, 2.05) is 0 Å². The van der Waals surface area contributed by atoms with Crippen molar-refractivity contribution in [2.45, 2.75) is 50.5 Å². The Labute approximate surface area is 122 Å². The minimum absolute atomic E-state index is 0.147. The average Bonchev–Trinajstić information content (AvgIpc) is 3.22. The molecule has 0 N–H and O–H groups in total. The summed E-state index contributed by atoms with van der Waals surface area (Å²) in [7, 11) is 1.72. The monoisotopic (exact) mass is 280 g/mol. The standard InChI is InChI=1S/C16H28N2O2/c1-20-12-11-18-15(19)5-7-16(18)6-2-9-17(10-8-16)13-14-3-4-14/h14H,2-13H2,1H3/t16-/m0/s1. The van der Waals surface area contributed by atoms with Crippen molar-refractivity contribution in [3.05, 3.63) is 0 Å². The van der Waals surface area contributed by atoms with E-state index in [0.29, 0.717) is 12.5 Å². The Morgan fingerprint density at radius 1 is 1.25 bits per heavy atom. The van der Waals surface area contributed by atoms with E-state index < -0.39 is 0 Å². The summed E-state index contributed by atoms with van der Waals surface area (Å²) >= 11 is 0. The van der Waals surface area contributed by atoms with Crippen molar-refractivity contribution in [3.8, 4) is 0 Å². The Hall–Kier alpha value is -0.610. The van der Waals surface area contributed by atoms with Gasteiger partial charge in [-0.3, -0.25) is 4.79 Å². The molecular weight excluding hydrogens is 252 g/mol. The van der Waals surface area contributed by atoms with Crippen molar-refractivity contribution in [1.82, 2.24) is 9.80 Å². The van der Waals surface area contributed by atoms with Crippen LogP contribution in [0.4, 0.5) is 0 Å². The summed E-state index contributed by atoms with van der Waals surface area (Å²) in [6, 6.07) is 0. The van der Waals surface area contributed by atoms with E-state index in [4.69, 9.17) is 4.74 Å². The zero-order valence-electron chi connectivity index (χ0n) is 12.8. The van der Waals surface area contributed by atoms with E-state index in [1.54, 1.807) is 7.11 Å². The predicted molar refractivity (Wildman–Crippen MR) is 78.6 cm³/mol. The van der Waals surface area contributed by atoms with Gasteiger partial charge in [-0.05, 0) is 51.0 Å². The minimum atomic E-state index is 0.147. The molecule has 1 amide bonds. The van der Waals surface area contributed by atoms with Crippen LogP contribution in [0.15, 0.2) is 0 Å². The number of amides is 1. The Morgan fingerprint density at radius 3 is 2.85 bits per heavy atom. The molecule has 2 aliphatic heterocycles. The summed E-state index contributed by atoms with van der Waals surface area (Å²) in [6.07, 6.45) is 8.25. The molecule has 1 atom stereocenters. The number of methoxy groups -OCH3 is 1. The molecule has 0 aromatic rings. The second-order valence-corrected chi connectivity index (χ2v) is 6.86. The smallest absolute Gasteiger partial charge is 0.223 e. The van der Waals surface area contributed by atoms with Gasteiger partial charge in [0.05, 0.1) is 6.61 Å². The first-order valence-electron chi connectivity index (χ1n) is 8.25. The van der Waals surface area contributed by atoms with Crippen LogP contribution in [-0.2, 0) is 9.53 Å². The molecular formula is C16H28N2O2. The summed E-state index contributed by atoms with van der Waals surface area (Å²) in [6.45, 7) is 5.14. The number of rotatable bonds is 5. The summed E-state index contributed by atoms with van der Waals surface area (Å²) in [5.74, 6) is 1.32. The molecule has 1 spiro atoms. The highest BCUT2D eigenvalue weighted by molar-refractivity contribution is 5.79. The molecule has 0 aromatic heterocycles. The van der Waals surface area contributed by atoms with Crippen LogP contribution in [0.3, 0.4) is 0 Å². The molecule has 0 bridgehead atoms. The third kappa shape index (κ3) is 3.01. The Balaban J connectivity index is 1.62. The maximum absolute atomic E-state index is 12.2. The average molecular weight is 280 g/mol. The lowest BCUT2D eigenvalue weighted by atomic mass is 9.88. The van der Waals surface area contributed by atoms with E-state index in [9.17, 15) is 4.79 Å². The normalized spacial score (nSPS) is 32.0. The first-order valence-corrected chi connectivity index (χ1v) is 8.25. The van der Waals surface area contributed by atoms with Crippen LogP contribution in [0.2, 0.25) is 0 Å². The summed E-state index contributed by atoms with van der Waals surface area (Å²) in [5.41, 5.74) is 0.147. The third-order valence-corrected chi connectivity index (χ3v) is 5.42. The number of carbonyl (C=O) groups is 1. The number of likely N-dealkylation sites (tertiary alicyclic amines) is 2. The van der Waals surface area contributed by atoms with E-state index >= 15 is 0 Å². The quantitative estimate of drug-likeness (QED) is 0.771. The molecule has 1 saturated carbocycles. The van der Waals surface area contributed by atoms with Gasteiger partial charge in [-0.1, -0.05) is 0 Å². The van der Waals surface area contributed by atoms with Crippen molar-refractivity contribution in [2.75, 3.05) is 39.9 Å². The lowest BCUT2D eigenvalue weighted by molar-refractivity contribution is -0.132. The van der Waals surface area contributed by atoms with Gasteiger partial charge in [-0.2, -0.15) is 0 Å². The largest absolute Gasteiger partial charge is 0.383 e. The lowest BCUT2D eigenvalue weighted by Gasteiger charge is -2.38. The van der Waals surface area contributed by atoms with Gasteiger partial charge in [-0.25, -0.2) is 0 Å². The molecule has 3 fully saturated rings. The first-order chi connectivity index (χ1) is 9.73. The lowest BCUT2D eigenvalue weighted by Crippen LogP contribution is -2.47. The van der Waals surface area contributed by atoms with Crippen LogP contribution >= 0.6 is 0 Å². The highest BCUT2D eigenvalue weighted by Crippen LogP contribution is 2.39. The van der Waals surface area contributed by atoms with Crippen molar-refractivity contribution in [2.24, 2.45) is 5.92 Å². The number of hydrogen-bond donors (Lipinski definition) is 0. The second kappa shape index (κ2) is 6.02. The van der Waals surface area contributed by atoms with E-state index in [-0.39, 0.29) is 5.54 Å². The number of hydrogen-bond acceptors (Lipinski definition) is 3. The SMILES string of the molecule is COCCN1C(=O)CC[C@]12CCCN(CC1CC1)CC2. The fourth-order valence-electron chi connectivity index (χ4n) is 4.02. The summed E-state index contributed by atoms with van der Waals surface area (Å²) in [4.78, 5) is 17.0. The van der Waals surface area contributed by atoms with Gasteiger partial charge in [0.25, 0.3) is 0 Å². The molecule has 114 valence electrons. The first kappa shape index (κ1) is 14.3. The number of nitrogens with zero attached hydrogens (tertiary/aromatic N) is 2. The van der Waals surface area contributed by atoms with Gasteiger partial charge in [0, 0.05) is 38.7 Å². The maximum Gasteiger partial charge on any atom is 0.223 e. The highest BCUT2D eigenvalue weighted by atomic mass is 16.5. The van der Waals surface area contributed by atoms with Crippen molar-refractivity contribution >= 4 is 5.91 Å². The van der Waals surface area contributed by atoms with E-state index in [2.05, 4.69) is 9.80 Å². The van der Waals surface area contributed by atoms with Crippen LogP contribution in [0.25, 0.3) is 0 Å². The molecule has 2 saturated heterocycles. The predicted octanol–water partition coefficient (Wildman–Crippen LogP) is 1.89. The fourth-order valence-corrected chi connectivity index (χ4v) is 4.02. The van der Waals surface area contributed by atoms with Gasteiger partial charge in [0.1, 0.15) is 0 Å². The summed E-state index contributed by atoms with van der Waals surface area (Å²) < 4.78 is 5.20. The Morgan fingerprint density at radius 2 is 2.10 bits per heavy atom. The molecule has 0 radical (unpaired) electrons. The van der Waals surface area contributed by atoms with Gasteiger partial charge >= 0.3 is 0 Å². The number of carbonyl (C=O) groups excluding carboxylic acids is 1. The van der Waals surface area contributed by atoms with Gasteiger partial charge in [0.15, 0.2) is 0 Å². The topological polar surface area (TPSA) is 32.8 Å². The molecule has 4 nitrogen and oxygen atoms in total. The van der Waals surface area contributed by atoms with Crippen LogP contribution in [0.1, 0.15) is 44.9 Å². The molecule has 4 heteroatoms. The fraction of sp³-hybridized carbons (Fsp3) is 0.938. The Bertz CT molecular complexity index is 356. The maximum atomic E-state index is 12.2. The van der Waals surface area contributed by atoms with Crippen LogP contribution in [0.5, 0.6) is 0 Å². The molecule has 1 aliphatic carbocycles. The molecule has 0 unspecified atom stereocenters. The van der Waals surface area contributed by atoms with Crippen molar-refractivity contribution in [1.29, 1.82) is 0 Å². The van der Waals surface area contributed by atoms with Crippen LogP contribution in [-0.4, -0.2) is 61.1 Å². The molecule has 0 aromatic carbocycles. The van der Waals surface area contributed by atoms with E-state index in [1.165, 1.54) is 45.3 Å². The molecule has 20 heavy (non-hydrogen) atoms. The molecule has 3 aliphatic rings. The van der Waals surface area contributed by atoms with Crippen molar-refractivity contribution in [3.63, 3.8) is 0 Å². The second-order valence-electron chi connectivity index (χ2n) is 6.86. The molecule has 2 heterocycles. The van der Waals surface area contributed by atoms with Gasteiger partial charge in [0.2, 0.25) is 5.91 Å². The van der Waals surface area contributed by atoms with Crippen LogP contribution in [0, 0.1) is 5.92 Å². The van der Waals surface area contributed by atoms with E-state index in [0.717, 1.165) is 31.7 Å². The Kier molecular flexibility index (Phi) is 4.32. The summed E-state index contributed by atoms with van der Waals surface area (Å²) in [5, 5.41) is 0. The number of ether oxygens (including phenoxy) is 1. The molecule has 3 rings (SSSR count). The van der Waals surface area contributed by atoms with Gasteiger partial charge < -0.3 is 14.5 Å². The highest BCUT2D eigenvalue weighted by Gasteiger charge is 2.45. The van der Waals surface area contributed by atoms with Crippen molar-refractivity contribution < 1.29 is 9.53 Å². The van der Waals surface area contributed by atoms with Gasteiger partial charge in [-0.15, -0.1) is 0 Å².